The third-order valence-corrected chi connectivity index (χ3v) is 7.92. The van der Waals surface area contributed by atoms with Gasteiger partial charge in [-0.05, 0) is 85.5 Å². The maximum Gasteiger partial charge on any atom is 0.176 e. The molecule has 1 aliphatic rings. The number of carbonyl (C=O) groups is 1. The molecule has 0 saturated heterocycles. The molecule has 1 aliphatic carbocycles. The van der Waals surface area contributed by atoms with Gasteiger partial charge >= 0.3 is 0 Å². The van der Waals surface area contributed by atoms with Gasteiger partial charge in [-0.3, -0.25) is 19.8 Å². The van der Waals surface area contributed by atoms with Crippen molar-refractivity contribution in [2.75, 3.05) is 6.67 Å². The van der Waals surface area contributed by atoms with Crippen molar-refractivity contribution in [1.29, 1.82) is 0 Å². The number of halogens is 1. The monoisotopic (exact) mass is 550 g/mol. The summed E-state index contributed by atoms with van der Waals surface area (Å²) in [6, 6.07) is 26.5. The molecule has 0 radical (unpaired) electrons. The Bertz CT molecular complexity index is 1520. The van der Waals surface area contributed by atoms with Crippen LogP contribution in [0.15, 0.2) is 94.9 Å². The number of nitrogens with two attached hydrogens (primary N) is 1. The number of aliphatic imine (C=N–C) groups is 2. The van der Waals surface area contributed by atoms with Gasteiger partial charge < -0.3 is 10.5 Å². The molecule has 0 amide bonds. The number of hydrogen-bond acceptors (Lipinski definition) is 5. The SMILES string of the molecule is CC1CC(Cc2ccccc2)CC(c2ccc3ccc(Oc4ccc(F)cc4)cc3n2)CC1C(=O)C=NCN=CN. The van der Waals surface area contributed by atoms with E-state index in [1.165, 1.54) is 30.2 Å². The van der Waals surface area contributed by atoms with Gasteiger partial charge in [0.1, 0.15) is 24.0 Å². The van der Waals surface area contributed by atoms with Crippen molar-refractivity contribution >= 4 is 29.2 Å². The molecule has 4 aromatic rings. The molecule has 5 rings (SSSR count). The Balaban J connectivity index is 1.43. The third-order valence-electron chi connectivity index (χ3n) is 7.92. The second-order valence-electron chi connectivity index (χ2n) is 10.9. The summed E-state index contributed by atoms with van der Waals surface area (Å²) in [4.78, 5) is 26.5. The minimum Gasteiger partial charge on any atom is -0.457 e. The van der Waals surface area contributed by atoms with Gasteiger partial charge in [-0.25, -0.2) is 4.39 Å². The van der Waals surface area contributed by atoms with Gasteiger partial charge in [0.2, 0.25) is 0 Å². The van der Waals surface area contributed by atoms with Gasteiger partial charge in [0.05, 0.1) is 18.1 Å². The van der Waals surface area contributed by atoms with Gasteiger partial charge in [0.25, 0.3) is 0 Å². The van der Waals surface area contributed by atoms with E-state index >= 15 is 0 Å². The Kier molecular flexibility index (Phi) is 9.14. The number of carbonyl (C=O) groups excluding carboxylic acids is 1. The largest absolute Gasteiger partial charge is 0.457 e. The fourth-order valence-corrected chi connectivity index (χ4v) is 5.94. The van der Waals surface area contributed by atoms with Crippen molar-refractivity contribution in [2.45, 2.75) is 38.5 Å². The minimum absolute atomic E-state index is 0.0332. The Morgan fingerprint density at radius 3 is 2.51 bits per heavy atom. The van der Waals surface area contributed by atoms with Gasteiger partial charge in [-0.15, -0.1) is 0 Å². The predicted octanol–water partition coefficient (Wildman–Crippen LogP) is 7.13. The summed E-state index contributed by atoms with van der Waals surface area (Å²) >= 11 is 0. The standard InChI is InChI=1S/C34H35FN4O2/c1-23-15-25(16-24-5-3-2-4-6-24)17-27(18-31(23)34(40)20-37-22-38-21-36)32-14-8-26-7-11-30(19-33(26)39-32)41-29-12-9-28(35)10-13-29/h2-14,19-21,23,25,27,31H,15-18,22H2,1H3,(H2,36,38). The van der Waals surface area contributed by atoms with Crippen LogP contribution in [0.4, 0.5) is 4.39 Å². The lowest BCUT2D eigenvalue weighted by Crippen LogP contribution is -2.24. The van der Waals surface area contributed by atoms with Crippen LogP contribution >= 0.6 is 0 Å². The van der Waals surface area contributed by atoms with Crippen molar-refractivity contribution in [3.8, 4) is 11.5 Å². The number of fused-ring (bicyclic) bond motifs is 1. The molecule has 0 bridgehead atoms. The van der Waals surface area contributed by atoms with Crippen LogP contribution in [0.2, 0.25) is 0 Å². The molecule has 41 heavy (non-hydrogen) atoms. The normalized spacial score (nSPS) is 21.3. The second-order valence-corrected chi connectivity index (χ2v) is 10.9. The zero-order valence-corrected chi connectivity index (χ0v) is 23.2. The van der Waals surface area contributed by atoms with Crippen LogP contribution in [0.5, 0.6) is 11.5 Å². The molecule has 0 spiro atoms. The van der Waals surface area contributed by atoms with E-state index in [-0.39, 0.29) is 36.0 Å². The molecule has 1 heterocycles. The second kappa shape index (κ2) is 13.3. The lowest BCUT2D eigenvalue weighted by Gasteiger charge is -2.21. The topological polar surface area (TPSA) is 89.9 Å². The van der Waals surface area contributed by atoms with Crippen LogP contribution in [-0.4, -0.2) is 30.0 Å². The molecular formula is C34H35FN4O2. The Morgan fingerprint density at radius 1 is 0.976 bits per heavy atom. The van der Waals surface area contributed by atoms with Crippen LogP contribution in [-0.2, 0) is 11.2 Å². The quantitative estimate of drug-likeness (QED) is 0.136. The Labute approximate surface area is 240 Å². The van der Waals surface area contributed by atoms with Crippen LogP contribution < -0.4 is 10.5 Å². The van der Waals surface area contributed by atoms with E-state index in [2.05, 4.69) is 53.3 Å². The Morgan fingerprint density at radius 2 is 1.73 bits per heavy atom. The number of ketones is 1. The molecule has 1 aromatic heterocycles. The molecule has 4 unspecified atom stereocenters. The highest BCUT2D eigenvalue weighted by Gasteiger charge is 2.35. The number of nitrogens with zero attached hydrogens (tertiary/aromatic N) is 3. The number of Topliss-reactive ketones (excluding diaryl/α,β-unsaturated/α-hetero) is 1. The van der Waals surface area contributed by atoms with Crippen LogP contribution in [0.25, 0.3) is 10.9 Å². The summed E-state index contributed by atoms with van der Waals surface area (Å²) in [5.41, 5.74) is 8.41. The predicted molar refractivity (Wildman–Crippen MR) is 162 cm³/mol. The summed E-state index contributed by atoms with van der Waals surface area (Å²) in [6.07, 6.45) is 6.20. The first-order valence-electron chi connectivity index (χ1n) is 14.1. The van der Waals surface area contributed by atoms with Crippen LogP contribution in [0, 0.1) is 23.6 Å². The van der Waals surface area contributed by atoms with E-state index in [1.807, 2.05) is 24.3 Å². The number of benzene rings is 3. The summed E-state index contributed by atoms with van der Waals surface area (Å²) < 4.78 is 19.3. The van der Waals surface area contributed by atoms with E-state index in [0.717, 1.165) is 35.9 Å². The average molecular weight is 551 g/mol. The van der Waals surface area contributed by atoms with Crippen molar-refractivity contribution in [2.24, 2.45) is 33.5 Å². The first-order chi connectivity index (χ1) is 20.0. The van der Waals surface area contributed by atoms with E-state index in [4.69, 9.17) is 15.5 Å². The van der Waals surface area contributed by atoms with Crippen LogP contribution in [0.3, 0.4) is 0 Å². The van der Waals surface area contributed by atoms with E-state index in [0.29, 0.717) is 23.8 Å². The van der Waals surface area contributed by atoms with Gasteiger partial charge in [-0.2, -0.15) is 0 Å². The first kappa shape index (κ1) is 28.1. The molecular weight excluding hydrogens is 515 g/mol. The zero-order chi connectivity index (χ0) is 28.6. The van der Waals surface area contributed by atoms with Crippen molar-refractivity contribution in [3.63, 3.8) is 0 Å². The Hall–Kier alpha value is -4.39. The molecule has 210 valence electrons. The molecule has 2 N–H and O–H groups in total. The highest BCUT2D eigenvalue weighted by molar-refractivity contribution is 6.28. The molecule has 7 heteroatoms. The third kappa shape index (κ3) is 7.42. The van der Waals surface area contributed by atoms with Crippen molar-refractivity contribution in [1.82, 2.24) is 4.98 Å². The molecule has 6 nitrogen and oxygen atoms in total. The van der Waals surface area contributed by atoms with E-state index < -0.39 is 0 Å². The molecule has 0 aliphatic heterocycles. The van der Waals surface area contributed by atoms with Crippen LogP contribution in [0.1, 0.15) is 43.4 Å². The van der Waals surface area contributed by atoms with E-state index in [1.54, 1.807) is 12.1 Å². The minimum atomic E-state index is -0.308. The van der Waals surface area contributed by atoms with E-state index in [9.17, 15) is 9.18 Å². The average Bonchev–Trinajstić information content (AvgIpc) is 3.15. The smallest absolute Gasteiger partial charge is 0.176 e. The highest BCUT2D eigenvalue weighted by Crippen LogP contribution is 2.42. The molecule has 1 saturated carbocycles. The highest BCUT2D eigenvalue weighted by atomic mass is 19.1. The van der Waals surface area contributed by atoms with Gasteiger partial charge in [0, 0.05) is 29.0 Å². The summed E-state index contributed by atoms with van der Waals surface area (Å²) in [5.74, 6) is 1.50. The zero-order valence-electron chi connectivity index (χ0n) is 23.2. The lowest BCUT2D eigenvalue weighted by atomic mass is 9.82. The number of aromatic nitrogens is 1. The lowest BCUT2D eigenvalue weighted by molar-refractivity contribution is -0.117. The van der Waals surface area contributed by atoms with Crippen molar-refractivity contribution in [3.05, 3.63) is 102 Å². The molecule has 4 atom stereocenters. The summed E-state index contributed by atoms with van der Waals surface area (Å²) in [6.45, 7) is 2.33. The molecule has 1 fully saturated rings. The van der Waals surface area contributed by atoms with Crippen molar-refractivity contribution < 1.29 is 13.9 Å². The number of rotatable bonds is 9. The summed E-state index contributed by atoms with van der Waals surface area (Å²) in [7, 11) is 0. The maximum absolute atomic E-state index is 13.3. The number of pyridine rings is 1. The fourth-order valence-electron chi connectivity index (χ4n) is 5.94. The first-order valence-corrected chi connectivity index (χ1v) is 14.1. The fraction of sp³-hybridized carbons (Fsp3) is 0.294. The number of ether oxygens (including phenoxy) is 1. The van der Waals surface area contributed by atoms with Gasteiger partial charge in [0.15, 0.2) is 5.78 Å². The molecule has 3 aromatic carbocycles. The summed E-state index contributed by atoms with van der Waals surface area (Å²) in [5, 5.41) is 1.00. The number of hydrogen-bond donors (Lipinski definition) is 1. The maximum atomic E-state index is 13.3. The van der Waals surface area contributed by atoms with Gasteiger partial charge in [-0.1, -0.05) is 43.3 Å².